The molecule has 0 saturated carbocycles. The van der Waals surface area contributed by atoms with Gasteiger partial charge in [0.05, 0.1) is 15.4 Å². The first-order chi connectivity index (χ1) is 8.47. The highest BCUT2D eigenvalue weighted by molar-refractivity contribution is 7.09. The Morgan fingerprint density at radius 1 is 1.33 bits per heavy atom. The van der Waals surface area contributed by atoms with Gasteiger partial charge in [0, 0.05) is 6.20 Å². The van der Waals surface area contributed by atoms with Crippen molar-refractivity contribution in [2.24, 2.45) is 0 Å². The van der Waals surface area contributed by atoms with E-state index < -0.39 is 0 Å². The van der Waals surface area contributed by atoms with Crippen molar-refractivity contribution in [2.45, 2.75) is 32.8 Å². The summed E-state index contributed by atoms with van der Waals surface area (Å²) in [6, 6.07) is 5.97. The molecular weight excluding hydrogens is 266 g/mol. The second-order valence-electron chi connectivity index (χ2n) is 5.15. The lowest BCUT2D eigenvalue weighted by Gasteiger charge is -2.20. The molecule has 0 aliphatic heterocycles. The predicted molar refractivity (Wildman–Crippen MR) is 76.6 cm³/mol. The van der Waals surface area contributed by atoms with Crippen LogP contribution >= 0.6 is 22.9 Å². The van der Waals surface area contributed by atoms with E-state index in [2.05, 4.69) is 31.8 Å². The van der Waals surface area contributed by atoms with Crippen LogP contribution in [0.25, 0.3) is 0 Å². The fourth-order valence-corrected chi connectivity index (χ4v) is 2.29. The zero-order chi connectivity index (χ0) is 13.2. The summed E-state index contributed by atoms with van der Waals surface area (Å²) in [5.41, 5.74) is 3.10. The number of nitrogens with zero attached hydrogens (tertiary/aromatic N) is 1. The Kier molecular flexibility index (Phi) is 3.93. The van der Waals surface area contributed by atoms with E-state index in [1.165, 1.54) is 5.56 Å². The van der Waals surface area contributed by atoms with Crippen LogP contribution in [0.3, 0.4) is 0 Å². The van der Waals surface area contributed by atoms with Gasteiger partial charge in [0.1, 0.15) is 12.4 Å². The fourth-order valence-electron chi connectivity index (χ4n) is 1.55. The Morgan fingerprint density at radius 2 is 2.11 bits per heavy atom. The van der Waals surface area contributed by atoms with Crippen LogP contribution in [0.15, 0.2) is 29.9 Å². The molecule has 0 fully saturated rings. The van der Waals surface area contributed by atoms with Crippen LogP contribution in [0.2, 0.25) is 5.02 Å². The van der Waals surface area contributed by atoms with E-state index in [0.29, 0.717) is 11.6 Å². The Balaban J connectivity index is 2.10. The highest BCUT2D eigenvalue weighted by atomic mass is 35.5. The minimum atomic E-state index is 0.0971. The fraction of sp³-hybridized carbons (Fsp3) is 0.357. The topological polar surface area (TPSA) is 22.1 Å². The number of rotatable bonds is 3. The number of thiazole rings is 1. The molecule has 18 heavy (non-hydrogen) atoms. The average molecular weight is 282 g/mol. The van der Waals surface area contributed by atoms with Crippen molar-refractivity contribution in [1.29, 1.82) is 0 Å². The van der Waals surface area contributed by atoms with E-state index in [0.717, 1.165) is 10.6 Å². The monoisotopic (exact) mass is 281 g/mol. The van der Waals surface area contributed by atoms with E-state index in [4.69, 9.17) is 16.3 Å². The number of halogens is 1. The molecule has 0 saturated heterocycles. The van der Waals surface area contributed by atoms with Gasteiger partial charge < -0.3 is 4.74 Å². The van der Waals surface area contributed by atoms with Crippen molar-refractivity contribution in [3.05, 3.63) is 45.4 Å². The largest absolute Gasteiger partial charge is 0.486 e. The summed E-state index contributed by atoms with van der Waals surface area (Å²) in [4.78, 5) is 5.10. The van der Waals surface area contributed by atoms with Crippen LogP contribution in [0.1, 0.15) is 31.2 Å². The molecule has 1 heterocycles. The average Bonchev–Trinajstić information content (AvgIpc) is 2.79. The van der Waals surface area contributed by atoms with Crippen LogP contribution in [-0.4, -0.2) is 4.98 Å². The summed E-state index contributed by atoms with van der Waals surface area (Å²) in [5, 5.41) is 0.659. The van der Waals surface area contributed by atoms with Crippen molar-refractivity contribution < 1.29 is 4.74 Å². The normalized spacial score (nSPS) is 11.6. The predicted octanol–water partition coefficient (Wildman–Crippen LogP) is 4.67. The minimum Gasteiger partial charge on any atom is -0.486 e. The number of hydrogen-bond acceptors (Lipinski definition) is 3. The van der Waals surface area contributed by atoms with Crippen LogP contribution in [0.4, 0.5) is 0 Å². The van der Waals surface area contributed by atoms with Crippen molar-refractivity contribution >= 4 is 22.9 Å². The molecule has 0 bridgehead atoms. The van der Waals surface area contributed by atoms with E-state index in [9.17, 15) is 0 Å². The number of hydrogen-bond donors (Lipinski definition) is 0. The van der Waals surface area contributed by atoms with Crippen LogP contribution in [0.5, 0.6) is 5.75 Å². The first kappa shape index (κ1) is 13.4. The number of ether oxygens (including phenoxy) is 1. The van der Waals surface area contributed by atoms with E-state index in [1.807, 2.05) is 18.3 Å². The summed E-state index contributed by atoms with van der Waals surface area (Å²) >= 11 is 7.81. The van der Waals surface area contributed by atoms with E-state index in [1.54, 1.807) is 16.8 Å². The second-order valence-corrected chi connectivity index (χ2v) is 6.53. The zero-order valence-corrected chi connectivity index (χ0v) is 12.3. The van der Waals surface area contributed by atoms with Gasteiger partial charge in [-0.1, -0.05) is 38.4 Å². The molecule has 0 atom stereocenters. The molecule has 96 valence electrons. The summed E-state index contributed by atoms with van der Waals surface area (Å²) in [7, 11) is 0. The summed E-state index contributed by atoms with van der Waals surface area (Å²) in [6.07, 6.45) is 1.81. The maximum Gasteiger partial charge on any atom is 0.138 e. The van der Waals surface area contributed by atoms with Gasteiger partial charge in [0.25, 0.3) is 0 Å². The molecule has 0 radical (unpaired) electrons. The molecular formula is C14H16ClNOS. The van der Waals surface area contributed by atoms with Crippen molar-refractivity contribution in [2.75, 3.05) is 0 Å². The molecule has 1 aromatic carbocycles. The van der Waals surface area contributed by atoms with Gasteiger partial charge in [-0.2, -0.15) is 0 Å². The molecule has 0 unspecified atom stereocenters. The van der Waals surface area contributed by atoms with Crippen LogP contribution in [-0.2, 0) is 12.0 Å². The maximum atomic E-state index is 6.24. The lowest BCUT2D eigenvalue weighted by molar-refractivity contribution is 0.309. The molecule has 1 aromatic heterocycles. The summed E-state index contributed by atoms with van der Waals surface area (Å²) in [6.45, 7) is 7.00. The highest BCUT2D eigenvalue weighted by Crippen LogP contribution is 2.31. The quantitative estimate of drug-likeness (QED) is 0.815. The molecule has 4 heteroatoms. The summed E-state index contributed by atoms with van der Waals surface area (Å²) in [5.74, 6) is 0.720. The lowest BCUT2D eigenvalue weighted by atomic mass is 9.87. The Hall–Kier alpha value is -1.06. The molecule has 2 aromatic rings. The molecule has 0 aliphatic rings. The van der Waals surface area contributed by atoms with Gasteiger partial charge in [-0.05, 0) is 23.1 Å². The highest BCUT2D eigenvalue weighted by Gasteiger charge is 2.15. The first-order valence-corrected chi connectivity index (χ1v) is 7.03. The Labute approximate surface area is 117 Å². The Morgan fingerprint density at radius 3 is 2.67 bits per heavy atom. The third-order valence-corrected chi connectivity index (χ3v) is 3.70. The molecule has 2 rings (SSSR count). The number of aromatic nitrogens is 1. The Bertz CT molecular complexity index is 517. The molecule has 0 spiro atoms. The van der Waals surface area contributed by atoms with Crippen molar-refractivity contribution in [3.63, 3.8) is 0 Å². The standard InChI is InChI=1S/C14H16ClNOS/c1-14(2,3)10-4-5-13(12(15)6-10)17-8-11-7-16-9-18-11/h4-7,9H,8H2,1-3H3. The second kappa shape index (κ2) is 5.29. The van der Waals surface area contributed by atoms with E-state index >= 15 is 0 Å². The zero-order valence-electron chi connectivity index (χ0n) is 10.7. The van der Waals surface area contributed by atoms with Gasteiger partial charge in [-0.3, -0.25) is 4.98 Å². The van der Waals surface area contributed by atoms with E-state index in [-0.39, 0.29) is 5.41 Å². The lowest BCUT2D eigenvalue weighted by Crippen LogP contribution is -2.10. The first-order valence-electron chi connectivity index (χ1n) is 5.77. The van der Waals surface area contributed by atoms with Gasteiger partial charge in [-0.25, -0.2) is 0 Å². The molecule has 0 N–H and O–H groups in total. The van der Waals surface area contributed by atoms with Crippen LogP contribution < -0.4 is 4.74 Å². The van der Waals surface area contributed by atoms with Gasteiger partial charge in [0.2, 0.25) is 0 Å². The molecule has 0 aliphatic carbocycles. The van der Waals surface area contributed by atoms with Crippen molar-refractivity contribution in [1.82, 2.24) is 4.98 Å². The van der Waals surface area contributed by atoms with Crippen LogP contribution in [0, 0.1) is 0 Å². The third-order valence-electron chi connectivity index (χ3n) is 2.65. The van der Waals surface area contributed by atoms with Gasteiger partial charge in [0.15, 0.2) is 0 Å². The SMILES string of the molecule is CC(C)(C)c1ccc(OCc2cncs2)c(Cl)c1. The van der Waals surface area contributed by atoms with Gasteiger partial charge >= 0.3 is 0 Å². The number of benzene rings is 1. The molecule has 0 amide bonds. The van der Waals surface area contributed by atoms with Crippen molar-refractivity contribution in [3.8, 4) is 5.75 Å². The van der Waals surface area contributed by atoms with Gasteiger partial charge in [-0.15, -0.1) is 11.3 Å². The molecule has 2 nitrogen and oxygen atoms in total. The summed E-state index contributed by atoms with van der Waals surface area (Å²) < 4.78 is 5.69. The maximum absolute atomic E-state index is 6.24. The minimum absolute atomic E-state index is 0.0971. The smallest absolute Gasteiger partial charge is 0.138 e. The third kappa shape index (κ3) is 3.24.